The normalized spacial score (nSPS) is 17.7. The summed E-state index contributed by atoms with van der Waals surface area (Å²) in [5.41, 5.74) is 6.66. The van der Waals surface area contributed by atoms with Crippen LogP contribution in [0.15, 0.2) is 6.20 Å². The van der Waals surface area contributed by atoms with Gasteiger partial charge < -0.3 is 11.1 Å². The first-order valence-corrected chi connectivity index (χ1v) is 4.59. The highest BCUT2D eigenvalue weighted by Crippen LogP contribution is 2.18. The van der Waals surface area contributed by atoms with Gasteiger partial charge in [-0.2, -0.15) is 5.10 Å². The molecule has 0 radical (unpaired) electrons. The van der Waals surface area contributed by atoms with Crippen LogP contribution in [0, 0.1) is 0 Å². The third kappa shape index (κ3) is 2.13. The average molecular weight is 231 g/mol. The van der Waals surface area contributed by atoms with Crippen molar-refractivity contribution in [3.8, 4) is 0 Å². The van der Waals surface area contributed by atoms with Crippen molar-refractivity contribution in [3.05, 3.63) is 17.5 Å². The van der Waals surface area contributed by atoms with Crippen molar-refractivity contribution in [2.75, 3.05) is 0 Å². The Hall–Kier alpha value is -1.07. The Bertz CT molecular complexity index is 385. The average Bonchev–Trinajstić information content (AvgIpc) is 2.44. The smallest absolute Gasteiger partial charge is 0.252 e. The van der Waals surface area contributed by atoms with Crippen LogP contribution in [-0.4, -0.2) is 21.2 Å². The van der Waals surface area contributed by atoms with Crippen LogP contribution in [0.3, 0.4) is 0 Å². The lowest BCUT2D eigenvalue weighted by Crippen LogP contribution is -2.47. The van der Waals surface area contributed by atoms with E-state index in [0.717, 1.165) is 12.2 Å². The molecule has 0 saturated carbocycles. The molecule has 0 bridgehead atoms. The maximum atomic E-state index is 11.0. The number of hydrogen-bond acceptors (Lipinski definition) is 3. The van der Waals surface area contributed by atoms with Crippen molar-refractivity contribution >= 4 is 18.3 Å². The number of nitrogens with two attached hydrogens (primary N) is 1. The van der Waals surface area contributed by atoms with Gasteiger partial charge in [0.1, 0.15) is 0 Å². The maximum Gasteiger partial charge on any atom is 0.252 e. The predicted molar refractivity (Wildman–Crippen MR) is 58.9 cm³/mol. The molecule has 1 aromatic heterocycles. The Labute approximate surface area is 94.4 Å². The van der Waals surface area contributed by atoms with Gasteiger partial charge in [-0.25, -0.2) is 0 Å². The van der Waals surface area contributed by atoms with E-state index in [0.29, 0.717) is 12.1 Å². The standard InChI is InChI=1S/C9H14N4O.ClH/c1-9(2)5-13-7(4-11-9)6(3-12-13)8(10)14;/h3,11H,4-5H2,1-2H3,(H2,10,14);1H. The van der Waals surface area contributed by atoms with Crippen LogP contribution in [0.1, 0.15) is 29.9 Å². The van der Waals surface area contributed by atoms with Crippen LogP contribution in [0.25, 0.3) is 0 Å². The van der Waals surface area contributed by atoms with Crippen molar-refractivity contribution in [1.82, 2.24) is 15.1 Å². The van der Waals surface area contributed by atoms with Crippen molar-refractivity contribution in [2.24, 2.45) is 5.73 Å². The van der Waals surface area contributed by atoms with Gasteiger partial charge in [-0.15, -0.1) is 12.4 Å². The van der Waals surface area contributed by atoms with Crippen LogP contribution in [0.2, 0.25) is 0 Å². The van der Waals surface area contributed by atoms with Crippen molar-refractivity contribution < 1.29 is 4.79 Å². The largest absolute Gasteiger partial charge is 0.365 e. The Morgan fingerprint density at radius 2 is 2.33 bits per heavy atom. The zero-order valence-electron chi connectivity index (χ0n) is 8.78. The van der Waals surface area contributed by atoms with E-state index in [9.17, 15) is 4.79 Å². The second-order valence-corrected chi connectivity index (χ2v) is 4.26. The van der Waals surface area contributed by atoms with Crippen LogP contribution < -0.4 is 11.1 Å². The van der Waals surface area contributed by atoms with Crippen LogP contribution in [0.5, 0.6) is 0 Å². The molecule has 3 N–H and O–H groups in total. The fourth-order valence-electron chi connectivity index (χ4n) is 1.69. The highest BCUT2D eigenvalue weighted by atomic mass is 35.5. The molecular weight excluding hydrogens is 216 g/mol. The summed E-state index contributed by atoms with van der Waals surface area (Å²) >= 11 is 0. The molecule has 1 aromatic rings. The van der Waals surface area contributed by atoms with Gasteiger partial charge in [0, 0.05) is 12.1 Å². The summed E-state index contributed by atoms with van der Waals surface area (Å²) < 4.78 is 1.84. The van der Waals surface area contributed by atoms with Gasteiger partial charge in [-0.05, 0) is 13.8 Å². The first kappa shape index (κ1) is 12.0. The molecule has 84 valence electrons. The fraction of sp³-hybridized carbons (Fsp3) is 0.556. The number of carbonyl (C=O) groups excluding carboxylic acids is 1. The number of nitrogens with one attached hydrogen (secondary N) is 1. The quantitative estimate of drug-likeness (QED) is 0.728. The minimum absolute atomic E-state index is 0. The van der Waals surface area contributed by atoms with Gasteiger partial charge in [0.2, 0.25) is 0 Å². The highest BCUT2D eigenvalue weighted by Gasteiger charge is 2.27. The SMILES string of the molecule is CC1(C)Cn2ncc(C(N)=O)c2CN1.Cl. The summed E-state index contributed by atoms with van der Waals surface area (Å²) in [6.07, 6.45) is 1.54. The van der Waals surface area contributed by atoms with Crippen molar-refractivity contribution in [2.45, 2.75) is 32.5 Å². The number of primary amides is 1. The number of fused-ring (bicyclic) bond motifs is 1. The molecule has 5 nitrogen and oxygen atoms in total. The summed E-state index contributed by atoms with van der Waals surface area (Å²) in [5.74, 6) is -0.409. The van der Waals surface area contributed by atoms with Crippen molar-refractivity contribution in [1.29, 1.82) is 0 Å². The van der Waals surface area contributed by atoms with Gasteiger partial charge >= 0.3 is 0 Å². The molecule has 0 unspecified atom stereocenters. The third-order valence-electron chi connectivity index (χ3n) is 2.49. The van der Waals surface area contributed by atoms with E-state index in [1.54, 1.807) is 6.20 Å². The molecule has 0 saturated heterocycles. The second kappa shape index (κ2) is 3.83. The molecular formula is C9H15ClN4O. The van der Waals surface area contributed by atoms with Gasteiger partial charge in [0.15, 0.2) is 0 Å². The number of aromatic nitrogens is 2. The fourth-order valence-corrected chi connectivity index (χ4v) is 1.69. The van der Waals surface area contributed by atoms with E-state index in [2.05, 4.69) is 24.3 Å². The lowest BCUT2D eigenvalue weighted by Gasteiger charge is -2.32. The van der Waals surface area contributed by atoms with Gasteiger partial charge in [-0.1, -0.05) is 0 Å². The Kier molecular flexibility index (Phi) is 3.06. The minimum atomic E-state index is -0.409. The number of amides is 1. The Balaban J connectivity index is 0.00000112. The molecule has 6 heteroatoms. The van der Waals surface area contributed by atoms with Crippen molar-refractivity contribution in [3.63, 3.8) is 0 Å². The first-order valence-electron chi connectivity index (χ1n) is 4.59. The van der Waals surface area contributed by atoms with Crippen LogP contribution in [-0.2, 0) is 13.1 Å². The second-order valence-electron chi connectivity index (χ2n) is 4.26. The van der Waals surface area contributed by atoms with E-state index >= 15 is 0 Å². The lowest BCUT2D eigenvalue weighted by molar-refractivity contribution is 0.0998. The number of nitrogens with zero attached hydrogens (tertiary/aromatic N) is 2. The Morgan fingerprint density at radius 1 is 1.67 bits per heavy atom. The molecule has 0 fully saturated rings. The number of hydrogen-bond donors (Lipinski definition) is 2. The van der Waals surface area contributed by atoms with Gasteiger partial charge in [0.05, 0.1) is 24.0 Å². The summed E-state index contributed by atoms with van der Waals surface area (Å²) in [6, 6.07) is 0. The van der Waals surface area contributed by atoms with Crippen LogP contribution in [0.4, 0.5) is 0 Å². The van der Waals surface area contributed by atoms with Gasteiger partial charge in [0.25, 0.3) is 5.91 Å². The molecule has 0 spiro atoms. The molecule has 2 heterocycles. The zero-order chi connectivity index (χ0) is 10.3. The summed E-state index contributed by atoms with van der Waals surface area (Å²) in [5, 5.41) is 7.48. The number of halogens is 1. The third-order valence-corrected chi connectivity index (χ3v) is 2.49. The van der Waals surface area contributed by atoms with E-state index < -0.39 is 5.91 Å². The van der Waals surface area contributed by atoms with E-state index in [1.165, 1.54) is 0 Å². The molecule has 15 heavy (non-hydrogen) atoms. The predicted octanol–water partition coefficient (Wildman–Crippen LogP) is 0.286. The zero-order valence-corrected chi connectivity index (χ0v) is 9.60. The molecule has 1 aliphatic rings. The molecule has 2 rings (SSSR count). The molecule has 0 aromatic carbocycles. The summed E-state index contributed by atoms with van der Waals surface area (Å²) in [7, 11) is 0. The molecule has 0 atom stereocenters. The molecule has 1 amide bonds. The topological polar surface area (TPSA) is 72.9 Å². The number of rotatable bonds is 1. The van der Waals surface area contributed by atoms with E-state index in [-0.39, 0.29) is 17.9 Å². The molecule has 0 aliphatic carbocycles. The Morgan fingerprint density at radius 3 is 2.93 bits per heavy atom. The summed E-state index contributed by atoms with van der Waals surface area (Å²) in [6.45, 7) is 5.60. The monoisotopic (exact) mass is 230 g/mol. The van der Waals surface area contributed by atoms with E-state index in [4.69, 9.17) is 5.73 Å². The highest BCUT2D eigenvalue weighted by molar-refractivity contribution is 5.93. The minimum Gasteiger partial charge on any atom is -0.365 e. The summed E-state index contributed by atoms with van der Waals surface area (Å²) in [4.78, 5) is 11.0. The molecule has 1 aliphatic heterocycles. The number of carbonyl (C=O) groups is 1. The van der Waals surface area contributed by atoms with Gasteiger partial charge in [-0.3, -0.25) is 9.48 Å². The lowest BCUT2D eigenvalue weighted by atomic mass is 10.0. The van der Waals surface area contributed by atoms with Crippen LogP contribution >= 0.6 is 12.4 Å². The maximum absolute atomic E-state index is 11.0. The first-order chi connectivity index (χ1) is 6.49. The van der Waals surface area contributed by atoms with E-state index in [1.807, 2.05) is 4.68 Å².